The third kappa shape index (κ3) is 3.11. The average Bonchev–Trinajstić information content (AvgIpc) is 2.33. The van der Waals surface area contributed by atoms with Gasteiger partial charge in [-0.3, -0.25) is 13.7 Å². The van der Waals surface area contributed by atoms with E-state index in [9.17, 15) is 25.3 Å². The van der Waals surface area contributed by atoms with Gasteiger partial charge in [0.1, 0.15) is 14.7 Å². The molecule has 2 aromatic rings. The summed E-state index contributed by atoms with van der Waals surface area (Å²) in [6.45, 7) is 0. The molecular formula is C10H8O9S3. The largest absolute Gasteiger partial charge is 0.295 e. The van der Waals surface area contributed by atoms with Gasteiger partial charge in [0.2, 0.25) is 0 Å². The predicted octanol–water partition coefficient (Wildman–Crippen LogP) is 0.580. The Morgan fingerprint density at radius 3 is 1.55 bits per heavy atom. The van der Waals surface area contributed by atoms with Gasteiger partial charge in [-0.15, -0.1) is 0 Å². The minimum Gasteiger partial charge on any atom is -0.282 e. The summed E-state index contributed by atoms with van der Waals surface area (Å²) in [6.07, 6.45) is 0. The summed E-state index contributed by atoms with van der Waals surface area (Å²) in [4.78, 5) is -3.01. The quantitative estimate of drug-likeness (QED) is 0.657. The van der Waals surface area contributed by atoms with Gasteiger partial charge in [-0.1, -0.05) is 12.1 Å². The lowest BCUT2D eigenvalue weighted by Gasteiger charge is -2.09. The molecule has 0 spiro atoms. The molecule has 0 saturated heterocycles. The standard InChI is InChI=1S/C10H8O9S3/c11-20(12,13)8-3-1-2-6-4-9(21(14,15)16)10(5-7(6)8)22(17,18)19/h1-5H,(H,11,12,13)(H,14,15,16)(H,17,18,19). The average molecular weight is 368 g/mol. The minimum absolute atomic E-state index is 0.0878. The van der Waals surface area contributed by atoms with E-state index in [1.807, 2.05) is 0 Å². The van der Waals surface area contributed by atoms with Gasteiger partial charge in [0, 0.05) is 5.39 Å². The normalized spacial score (nSPS) is 13.4. The zero-order valence-corrected chi connectivity index (χ0v) is 12.9. The van der Waals surface area contributed by atoms with Crippen molar-refractivity contribution >= 4 is 41.1 Å². The van der Waals surface area contributed by atoms with Crippen LogP contribution in [-0.2, 0) is 30.4 Å². The lowest BCUT2D eigenvalue weighted by atomic mass is 10.1. The zero-order chi connectivity index (χ0) is 16.9. The van der Waals surface area contributed by atoms with E-state index < -0.39 is 45.0 Å². The van der Waals surface area contributed by atoms with Gasteiger partial charge in [0.05, 0.1) is 0 Å². The lowest BCUT2D eigenvalue weighted by Crippen LogP contribution is -2.09. The smallest absolute Gasteiger partial charge is 0.282 e. The summed E-state index contributed by atoms with van der Waals surface area (Å²) in [5.41, 5.74) is 0. The molecule has 22 heavy (non-hydrogen) atoms. The molecule has 0 heterocycles. The van der Waals surface area contributed by atoms with E-state index in [0.29, 0.717) is 12.1 Å². The molecule has 0 aromatic heterocycles. The second-order valence-electron chi connectivity index (χ2n) is 4.20. The van der Waals surface area contributed by atoms with Crippen LogP contribution in [0.25, 0.3) is 10.8 Å². The van der Waals surface area contributed by atoms with Crippen molar-refractivity contribution in [3.8, 4) is 0 Å². The summed E-state index contributed by atoms with van der Waals surface area (Å²) in [5.74, 6) is 0. The highest BCUT2D eigenvalue weighted by Crippen LogP contribution is 2.30. The summed E-state index contributed by atoms with van der Waals surface area (Å²) in [7, 11) is -14.8. The van der Waals surface area contributed by atoms with Crippen LogP contribution in [0.1, 0.15) is 0 Å². The second-order valence-corrected chi connectivity index (χ2v) is 8.37. The summed E-state index contributed by atoms with van der Waals surface area (Å²) in [6, 6.07) is 4.57. The van der Waals surface area contributed by atoms with Crippen LogP contribution in [0.3, 0.4) is 0 Å². The number of hydrogen-bond donors (Lipinski definition) is 3. The van der Waals surface area contributed by atoms with E-state index in [1.165, 1.54) is 12.1 Å². The van der Waals surface area contributed by atoms with Crippen LogP contribution >= 0.6 is 0 Å². The maximum atomic E-state index is 11.3. The molecule has 3 N–H and O–H groups in total. The van der Waals surface area contributed by atoms with Crippen LogP contribution < -0.4 is 0 Å². The Hall–Kier alpha value is -1.57. The Morgan fingerprint density at radius 2 is 1.09 bits per heavy atom. The molecule has 0 aliphatic heterocycles. The molecule has 0 amide bonds. The summed E-state index contributed by atoms with van der Waals surface area (Å²) in [5, 5.41) is -0.430. The van der Waals surface area contributed by atoms with E-state index in [-0.39, 0.29) is 10.8 Å². The van der Waals surface area contributed by atoms with Gasteiger partial charge < -0.3 is 0 Å². The highest BCUT2D eigenvalue weighted by Gasteiger charge is 2.26. The van der Waals surface area contributed by atoms with Crippen LogP contribution in [0, 0.1) is 0 Å². The molecule has 12 heteroatoms. The van der Waals surface area contributed by atoms with Gasteiger partial charge in [0.25, 0.3) is 30.4 Å². The van der Waals surface area contributed by atoms with Crippen molar-refractivity contribution in [2.45, 2.75) is 14.7 Å². The predicted molar refractivity (Wildman–Crippen MR) is 73.4 cm³/mol. The fourth-order valence-electron chi connectivity index (χ4n) is 1.88. The SMILES string of the molecule is O=S(=O)(O)c1cc2cccc(S(=O)(=O)O)c2cc1S(=O)(=O)O. The summed E-state index contributed by atoms with van der Waals surface area (Å²) < 4.78 is 94.8. The van der Waals surface area contributed by atoms with Crippen molar-refractivity contribution < 1.29 is 38.9 Å². The van der Waals surface area contributed by atoms with Gasteiger partial charge >= 0.3 is 0 Å². The van der Waals surface area contributed by atoms with Gasteiger partial charge in [-0.2, -0.15) is 25.3 Å². The highest BCUT2D eigenvalue weighted by atomic mass is 32.2. The Labute approximate surface area is 125 Å². The molecule has 0 saturated carbocycles. The highest BCUT2D eigenvalue weighted by molar-refractivity contribution is 7.89. The molecule has 0 unspecified atom stereocenters. The maximum Gasteiger partial charge on any atom is 0.295 e. The Kier molecular flexibility index (Phi) is 3.80. The van der Waals surface area contributed by atoms with Crippen molar-refractivity contribution in [2.24, 2.45) is 0 Å². The van der Waals surface area contributed by atoms with Gasteiger partial charge in [0.15, 0.2) is 0 Å². The third-order valence-electron chi connectivity index (χ3n) is 2.74. The first-order valence-corrected chi connectivity index (χ1v) is 9.63. The van der Waals surface area contributed by atoms with Crippen LogP contribution in [0.15, 0.2) is 45.0 Å². The van der Waals surface area contributed by atoms with Crippen molar-refractivity contribution in [1.29, 1.82) is 0 Å². The first-order valence-electron chi connectivity index (χ1n) is 5.31. The van der Waals surface area contributed by atoms with Crippen molar-refractivity contribution in [3.05, 3.63) is 30.3 Å². The molecule has 0 atom stereocenters. The molecule has 0 radical (unpaired) electrons. The fourth-order valence-corrected chi connectivity index (χ4v) is 4.39. The molecule has 9 nitrogen and oxygen atoms in total. The van der Waals surface area contributed by atoms with Crippen molar-refractivity contribution in [3.63, 3.8) is 0 Å². The molecule has 2 aromatic carbocycles. The Balaban J connectivity index is 3.11. The van der Waals surface area contributed by atoms with E-state index >= 15 is 0 Å². The molecule has 2 rings (SSSR count). The van der Waals surface area contributed by atoms with Crippen molar-refractivity contribution in [2.75, 3.05) is 0 Å². The topological polar surface area (TPSA) is 163 Å². The van der Waals surface area contributed by atoms with E-state index in [0.717, 1.165) is 6.07 Å². The molecule has 120 valence electrons. The monoisotopic (exact) mass is 368 g/mol. The van der Waals surface area contributed by atoms with Crippen LogP contribution in [0.2, 0.25) is 0 Å². The zero-order valence-electron chi connectivity index (χ0n) is 10.4. The van der Waals surface area contributed by atoms with Crippen LogP contribution in [-0.4, -0.2) is 38.9 Å². The first kappa shape index (κ1) is 16.8. The Bertz CT molecular complexity index is 1080. The van der Waals surface area contributed by atoms with E-state index in [1.54, 1.807) is 0 Å². The van der Waals surface area contributed by atoms with Crippen LogP contribution in [0.4, 0.5) is 0 Å². The molecular weight excluding hydrogens is 360 g/mol. The summed E-state index contributed by atoms with van der Waals surface area (Å²) >= 11 is 0. The minimum atomic E-state index is -5.09. The second kappa shape index (κ2) is 4.97. The number of fused-ring (bicyclic) bond motifs is 1. The maximum absolute atomic E-state index is 11.3. The van der Waals surface area contributed by atoms with E-state index in [4.69, 9.17) is 13.7 Å². The number of hydrogen-bond acceptors (Lipinski definition) is 6. The third-order valence-corrected chi connectivity index (χ3v) is 5.57. The molecule has 0 aliphatic carbocycles. The van der Waals surface area contributed by atoms with Gasteiger partial charge in [-0.05, 0) is 23.6 Å². The Morgan fingerprint density at radius 1 is 0.636 bits per heavy atom. The first-order chi connectivity index (χ1) is 9.82. The van der Waals surface area contributed by atoms with Crippen LogP contribution in [0.5, 0.6) is 0 Å². The molecule has 0 fully saturated rings. The van der Waals surface area contributed by atoms with Crippen molar-refractivity contribution in [1.82, 2.24) is 0 Å². The fraction of sp³-hybridized carbons (Fsp3) is 0. The number of rotatable bonds is 3. The number of benzene rings is 2. The van der Waals surface area contributed by atoms with Gasteiger partial charge in [-0.25, -0.2) is 0 Å². The molecule has 0 aliphatic rings. The molecule has 0 bridgehead atoms. The lowest BCUT2D eigenvalue weighted by molar-refractivity contribution is 0.467. The van der Waals surface area contributed by atoms with E-state index in [2.05, 4.69) is 0 Å².